The Morgan fingerprint density at radius 3 is 2.29 bits per heavy atom. The molecule has 3 heterocycles. The van der Waals surface area contributed by atoms with Gasteiger partial charge in [-0.15, -0.1) is 0 Å². The molecule has 0 spiro atoms. The van der Waals surface area contributed by atoms with Gasteiger partial charge in [-0.05, 0) is 91.7 Å². The van der Waals surface area contributed by atoms with E-state index in [4.69, 9.17) is 0 Å². The van der Waals surface area contributed by atoms with Crippen LogP contribution < -0.4 is 4.90 Å². The second kappa shape index (κ2) is 6.28. The van der Waals surface area contributed by atoms with Crippen LogP contribution in [0.4, 0.5) is 17.1 Å². The zero-order valence-electron chi connectivity index (χ0n) is 19.3. The molecule has 0 saturated carbocycles. The molecule has 0 unspecified atom stereocenters. The first kappa shape index (κ1) is 18.2. The van der Waals surface area contributed by atoms with Crippen molar-refractivity contribution in [1.29, 1.82) is 0 Å². The second-order valence-corrected chi connectivity index (χ2v) is 10.3. The molecule has 4 aliphatic rings. The summed E-state index contributed by atoms with van der Waals surface area (Å²) in [6, 6.07) is 27.5. The Morgan fingerprint density at radius 2 is 1.31 bits per heavy atom. The van der Waals surface area contributed by atoms with Crippen LogP contribution in [0.15, 0.2) is 85.2 Å². The van der Waals surface area contributed by atoms with Crippen molar-refractivity contribution in [3.63, 3.8) is 0 Å². The molecule has 2 nitrogen and oxygen atoms in total. The van der Waals surface area contributed by atoms with Gasteiger partial charge in [0.15, 0.2) is 0 Å². The maximum atomic E-state index is 4.52. The van der Waals surface area contributed by atoms with Gasteiger partial charge in [0.2, 0.25) is 0 Å². The Kier molecular flexibility index (Phi) is 3.27. The summed E-state index contributed by atoms with van der Waals surface area (Å²) >= 11 is 0. The fraction of sp³-hybridized carbons (Fsp3) is 0.121. The average Bonchev–Trinajstić information content (AvgIpc) is 3.47. The third-order valence-electron chi connectivity index (χ3n) is 8.66. The van der Waals surface area contributed by atoms with E-state index in [1.54, 1.807) is 0 Å². The quantitative estimate of drug-likeness (QED) is 0.240. The maximum absolute atomic E-state index is 4.52. The van der Waals surface area contributed by atoms with Gasteiger partial charge in [0.05, 0.1) is 23.3 Å². The Labute approximate surface area is 204 Å². The molecule has 4 aromatic carbocycles. The summed E-state index contributed by atoms with van der Waals surface area (Å²) in [5.74, 6) is 0. The number of hydrogen-bond donors (Lipinski definition) is 0. The molecular formula is C33H22N2. The van der Waals surface area contributed by atoms with Crippen molar-refractivity contribution in [1.82, 2.24) is 4.98 Å². The highest BCUT2D eigenvalue weighted by Crippen LogP contribution is 2.54. The van der Waals surface area contributed by atoms with Gasteiger partial charge in [0, 0.05) is 19.0 Å². The molecule has 0 saturated heterocycles. The maximum Gasteiger partial charge on any atom is 0.0680 e. The van der Waals surface area contributed by atoms with Crippen molar-refractivity contribution in [2.75, 3.05) is 4.90 Å². The van der Waals surface area contributed by atoms with Crippen LogP contribution >= 0.6 is 0 Å². The van der Waals surface area contributed by atoms with Crippen molar-refractivity contribution in [3.8, 4) is 22.3 Å². The van der Waals surface area contributed by atoms with Crippen molar-refractivity contribution in [2.24, 2.45) is 0 Å². The van der Waals surface area contributed by atoms with Gasteiger partial charge < -0.3 is 4.90 Å². The van der Waals surface area contributed by atoms with E-state index in [9.17, 15) is 0 Å². The number of pyridine rings is 1. The summed E-state index contributed by atoms with van der Waals surface area (Å²) in [4.78, 5) is 7.02. The van der Waals surface area contributed by atoms with Crippen molar-refractivity contribution >= 4 is 17.1 Å². The van der Waals surface area contributed by atoms with E-state index in [1.165, 1.54) is 83.8 Å². The van der Waals surface area contributed by atoms with E-state index in [1.807, 2.05) is 6.20 Å². The summed E-state index contributed by atoms with van der Waals surface area (Å²) in [6.45, 7) is 0. The average molecular weight is 447 g/mol. The number of fused-ring (bicyclic) bond motifs is 12. The minimum atomic E-state index is 0.982. The fourth-order valence-corrected chi connectivity index (χ4v) is 7.21. The van der Waals surface area contributed by atoms with Crippen LogP contribution in [-0.2, 0) is 25.7 Å². The number of benzene rings is 4. The molecule has 164 valence electrons. The number of anilines is 3. The Morgan fingerprint density at radius 1 is 0.514 bits per heavy atom. The summed E-state index contributed by atoms with van der Waals surface area (Å²) in [6.07, 6.45) is 8.04. The summed E-state index contributed by atoms with van der Waals surface area (Å²) in [5, 5.41) is 0. The zero-order valence-corrected chi connectivity index (χ0v) is 19.3. The first-order valence-corrected chi connectivity index (χ1v) is 12.6. The predicted octanol–water partition coefficient (Wildman–Crippen LogP) is 7.50. The minimum Gasteiger partial charge on any atom is -0.308 e. The van der Waals surface area contributed by atoms with E-state index in [0.29, 0.717) is 0 Å². The van der Waals surface area contributed by atoms with Crippen LogP contribution in [0.2, 0.25) is 0 Å². The molecule has 0 bridgehead atoms. The van der Waals surface area contributed by atoms with E-state index in [2.05, 4.69) is 88.9 Å². The lowest BCUT2D eigenvalue weighted by atomic mass is 9.84. The van der Waals surface area contributed by atoms with Gasteiger partial charge in [-0.2, -0.15) is 0 Å². The molecule has 0 amide bonds. The molecule has 0 radical (unpaired) electrons. The molecular weight excluding hydrogens is 424 g/mol. The van der Waals surface area contributed by atoms with Gasteiger partial charge in [-0.25, -0.2) is 0 Å². The normalized spacial score (nSPS) is 14.9. The standard InChI is InChI=1S/C33H22N2/c1-2-7-24-19(4-1)15-29-25(24)9-8-21-16-27-26(32(21)29)10-11-30-28(27)17-23-6-3-5-22-14-20-12-13-34-18-31(20)35(30)33(22)23/h1-13,18H,14-17H2. The van der Waals surface area contributed by atoms with Crippen LogP contribution in [0.5, 0.6) is 0 Å². The molecule has 2 aliphatic heterocycles. The lowest BCUT2D eigenvalue weighted by Gasteiger charge is -2.39. The highest BCUT2D eigenvalue weighted by atomic mass is 15.2. The highest BCUT2D eigenvalue weighted by molar-refractivity contribution is 5.95. The Hall–Kier alpha value is -4.17. The second-order valence-electron chi connectivity index (χ2n) is 10.3. The first-order chi connectivity index (χ1) is 17.3. The van der Waals surface area contributed by atoms with Crippen LogP contribution in [0.3, 0.4) is 0 Å². The van der Waals surface area contributed by atoms with E-state index in [-0.39, 0.29) is 0 Å². The lowest BCUT2D eigenvalue weighted by Crippen LogP contribution is -2.25. The molecule has 9 rings (SSSR count). The van der Waals surface area contributed by atoms with Gasteiger partial charge in [0.1, 0.15) is 0 Å². The number of nitrogens with zero attached hydrogens (tertiary/aromatic N) is 2. The van der Waals surface area contributed by atoms with Crippen molar-refractivity contribution < 1.29 is 0 Å². The van der Waals surface area contributed by atoms with Crippen LogP contribution in [0.25, 0.3) is 22.3 Å². The van der Waals surface area contributed by atoms with Crippen LogP contribution in [0, 0.1) is 0 Å². The first-order valence-electron chi connectivity index (χ1n) is 12.6. The third-order valence-corrected chi connectivity index (χ3v) is 8.66. The molecule has 2 aliphatic carbocycles. The fourth-order valence-electron chi connectivity index (χ4n) is 7.21. The van der Waals surface area contributed by atoms with E-state index < -0.39 is 0 Å². The molecule has 5 aromatic rings. The summed E-state index contributed by atoms with van der Waals surface area (Å²) < 4.78 is 0. The molecule has 2 heteroatoms. The monoisotopic (exact) mass is 446 g/mol. The van der Waals surface area contributed by atoms with Crippen LogP contribution in [-0.4, -0.2) is 4.98 Å². The van der Waals surface area contributed by atoms with Crippen molar-refractivity contribution in [2.45, 2.75) is 25.7 Å². The Balaban J connectivity index is 1.28. The lowest BCUT2D eigenvalue weighted by molar-refractivity contribution is 0.989. The summed E-state index contributed by atoms with van der Waals surface area (Å²) in [5.41, 5.74) is 21.4. The summed E-state index contributed by atoms with van der Waals surface area (Å²) in [7, 11) is 0. The molecule has 0 atom stereocenters. The third kappa shape index (κ3) is 2.23. The van der Waals surface area contributed by atoms with E-state index >= 15 is 0 Å². The van der Waals surface area contributed by atoms with Gasteiger partial charge in [-0.3, -0.25) is 4.98 Å². The topological polar surface area (TPSA) is 16.1 Å². The van der Waals surface area contributed by atoms with Gasteiger partial charge >= 0.3 is 0 Å². The van der Waals surface area contributed by atoms with E-state index in [0.717, 1.165) is 25.7 Å². The predicted molar refractivity (Wildman–Crippen MR) is 141 cm³/mol. The largest absolute Gasteiger partial charge is 0.308 e. The van der Waals surface area contributed by atoms with Gasteiger partial charge in [-0.1, -0.05) is 60.7 Å². The Bertz CT molecular complexity index is 1760. The smallest absolute Gasteiger partial charge is 0.0680 e. The number of hydrogen-bond acceptors (Lipinski definition) is 2. The molecule has 0 N–H and O–H groups in total. The molecule has 0 fully saturated rings. The SMILES string of the molecule is c1ccc2c(c1)Cc1c-2ccc2c1-c1ccc3c(c1C2)Cc1cccc2c1N3c1cnccc1C2. The van der Waals surface area contributed by atoms with Gasteiger partial charge in [0.25, 0.3) is 0 Å². The minimum absolute atomic E-state index is 0.982. The highest BCUT2D eigenvalue weighted by Gasteiger charge is 2.36. The number of rotatable bonds is 0. The van der Waals surface area contributed by atoms with Crippen LogP contribution in [0.1, 0.15) is 44.5 Å². The molecule has 1 aromatic heterocycles. The van der Waals surface area contributed by atoms with Crippen molar-refractivity contribution in [3.05, 3.63) is 130 Å². The number of para-hydroxylation sites is 1. The molecule has 35 heavy (non-hydrogen) atoms. The zero-order chi connectivity index (χ0) is 22.7. The number of aromatic nitrogens is 1.